The summed E-state index contributed by atoms with van der Waals surface area (Å²) in [6.07, 6.45) is -2.47. The van der Waals surface area contributed by atoms with E-state index in [1.54, 1.807) is 0 Å². The maximum atomic E-state index is 11.9. The molecular weight excluding hydrogens is 284 g/mol. The first kappa shape index (κ1) is 14.4. The quantitative estimate of drug-likeness (QED) is 0.539. The van der Waals surface area contributed by atoms with Crippen molar-refractivity contribution in [1.82, 2.24) is 9.55 Å². The molecule has 0 amide bonds. The van der Waals surface area contributed by atoms with Crippen LogP contribution < -0.4 is 11.2 Å². The molecule has 0 aliphatic carbocycles. The highest BCUT2D eigenvalue weighted by Gasteiger charge is 2.56. The summed E-state index contributed by atoms with van der Waals surface area (Å²) in [5, 5.41) is 20.4. The topological polar surface area (TPSA) is 123 Å². The number of ether oxygens (including phenoxy) is 3. The van der Waals surface area contributed by atoms with Crippen LogP contribution in [-0.4, -0.2) is 57.6 Å². The fourth-order valence-corrected chi connectivity index (χ4v) is 2.61. The minimum absolute atomic E-state index is 0.0405. The number of aromatic nitrogens is 2. The SMILES string of the molecule is Cc1cn([C@@H]2OC3(COCOC3)[C@@H](O)[C@H]2O)c(=O)[nH]c1=O. The molecule has 9 nitrogen and oxygen atoms in total. The van der Waals surface area contributed by atoms with Gasteiger partial charge in [-0.25, -0.2) is 4.79 Å². The van der Waals surface area contributed by atoms with Gasteiger partial charge in [0.2, 0.25) is 0 Å². The molecule has 0 saturated carbocycles. The number of aryl methyl sites for hydroxylation is 1. The summed E-state index contributed by atoms with van der Waals surface area (Å²) in [5.41, 5.74) is -2.18. The van der Waals surface area contributed by atoms with Gasteiger partial charge < -0.3 is 24.4 Å². The van der Waals surface area contributed by atoms with E-state index < -0.39 is 35.3 Å². The maximum Gasteiger partial charge on any atom is 0.330 e. The molecule has 2 saturated heterocycles. The van der Waals surface area contributed by atoms with Crippen LogP contribution in [0.1, 0.15) is 11.8 Å². The lowest BCUT2D eigenvalue weighted by Crippen LogP contribution is -2.53. The number of aliphatic hydroxyl groups excluding tert-OH is 2. The van der Waals surface area contributed by atoms with E-state index >= 15 is 0 Å². The Bertz CT molecular complexity index is 646. The van der Waals surface area contributed by atoms with Crippen molar-refractivity contribution in [3.63, 3.8) is 0 Å². The number of H-pyrrole nitrogens is 1. The Morgan fingerprint density at radius 1 is 1.33 bits per heavy atom. The van der Waals surface area contributed by atoms with Crippen LogP contribution in [0.4, 0.5) is 0 Å². The monoisotopic (exact) mass is 300 g/mol. The summed E-state index contributed by atoms with van der Waals surface area (Å²) < 4.78 is 17.0. The molecule has 3 atom stereocenters. The second kappa shape index (κ2) is 5.04. The van der Waals surface area contributed by atoms with Gasteiger partial charge in [0.05, 0.1) is 13.2 Å². The molecule has 0 bridgehead atoms. The second-order valence-electron chi connectivity index (χ2n) is 5.30. The number of aromatic amines is 1. The zero-order chi connectivity index (χ0) is 15.2. The van der Waals surface area contributed by atoms with Gasteiger partial charge in [0.1, 0.15) is 24.6 Å². The molecule has 2 fully saturated rings. The van der Waals surface area contributed by atoms with Crippen molar-refractivity contribution < 1.29 is 24.4 Å². The van der Waals surface area contributed by atoms with Crippen molar-refractivity contribution in [3.8, 4) is 0 Å². The molecule has 2 aliphatic heterocycles. The van der Waals surface area contributed by atoms with Crippen LogP contribution in [0.25, 0.3) is 0 Å². The van der Waals surface area contributed by atoms with Crippen molar-refractivity contribution in [2.75, 3.05) is 20.0 Å². The normalized spacial score (nSPS) is 31.7. The van der Waals surface area contributed by atoms with Crippen molar-refractivity contribution in [2.24, 2.45) is 0 Å². The zero-order valence-corrected chi connectivity index (χ0v) is 11.3. The number of nitrogens with zero attached hydrogens (tertiary/aromatic N) is 1. The number of hydrogen-bond acceptors (Lipinski definition) is 7. The summed E-state index contributed by atoms with van der Waals surface area (Å²) >= 11 is 0. The number of nitrogens with one attached hydrogen (secondary N) is 1. The third-order valence-electron chi connectivity index (χ3n) is 3.79. The summed E-state index contributed by atoms with van der Waals surface area (Å²) in [6, 6.07) is 0. The van der Waals surface area contributed by atoms with Crippen molar-refractivity contribution in [3.05, 3.63) is 32.6 Å². The Balaban J connectivity index is 1.99. The summed E-state index contributed by atoms with van der Waals surface area (Å²) in [5.74, 6) is 0. The number of rotatable bonds is 1. The van der Waals surface area contributed by atoms with E-state index in [1.807, 2.05) is 0 Å². The molecule has 2 aliphatic rings. The van der Waals surface area contributed by atoms with Gasteiger partial charge in [-0.3, -0.25) is 14.3 Å². The summed E-state index contributed by atoms with van der Waals surface area (Å²) in [7, 11) is 0. The minimum Gasteiger partial charge on any atom is -0.387 e. The lowest BCUT2D eigenvalue weighted by molar-refractivity contribution is -0.239. The molecule has 0 unspecified atom stereocenters. The molecule has 1 aromatic rings. The fraction of sp³-hybridized carbons (Fsp3) is 0.667. The Hall–Kier alpha value is -1.52. The van der Waals surface area contributed by atoms with E-state index in [-0.39, 0.29) is 25.6 Å². The molecule has 3 heterocycles. The van der Waals surface area contributed by atoms with Crippen molar-refractivity contribution in [2.45, 2.75) is 31.0 Å². The minimum atomic E-state index is -1.35. The van der Waals surface area contributed by atoms with E-state index in [9.17, 15) is 19.8 Å². The molecule has 1 aromatic heterocycles. The molecule has 3 rings (SSSR count). The second-order valence-corrected chi connectivity index (χ2v) is 5.30. The largest absolute Gasteiger partial charge is 0.387 e. The zero-order valence-electron chi connectivity index (χ0n) is 11.3. The molecule has 0 radical (unpaired) electrons. The van der Waals surface area contributed by atoms with Gasteiger partial charge in [0, 0.05) is 11.8 Å². The summed E-state index contributed by atoms with van der Waals surface area (Å²) in [4.78, 5) is 25.4. The first-order valence-electron chi connectivity index (χ1n) is 6.46. The molecule has 21 heavy (non-hydrogen) atoms. The van der Waals surface area contributed by atoms with Crippen molar-refractivity contribution in [1.29, 1.82) is 0 Å². The van der Waals surface area contributed by atoms with Gasteiger partial charge in [-0.05, 0) is 6.92 Å². The lowest BCUT2D eigenvalue weighted by atomic mass is 9.96. The smallest absolute Gasteiger partial charge is 0.330 e. The van der Waals surface area contributed by atoms with Gasteiger partial charge in [0.15, 0.2) is 6.23 Å². The van der Waals surface area contributed by atoms with Crippen LogP contribution in [0.15, 0.2) is 15.8 Å². The molecule has 9 heteroatoms. The Labute approximate surface area is 118 Å². The average molecular weight is 300 g/mol. The fourth-order valence-electron chi connectivity index (χ4n) is 2.61. The Morgan fingerprint density at radius 2 is 2.00 bits per heavy atom. The standard InChI is InChI=1S/C12H16N2O7/c1-6-2-14(11(18)13-9(6)17)10-7(15)8(16)12(21-10)3-19-5-20-4-12/h2,7-8,10,15-16H,3-5H2,1H3,(H,13,17,18)/t7-,8+,10-/m1/s1. The van der Waals surface area contributed by atoms with Gasteiger partial charge >= 0.3 is 5.69 Å². The van der Waals surface area contributed by atoms with Gasteiger partial charge in [-0.15, -0.1) is 0 Å². The summed E-state index contributed by atoms with van der Waals surface area (Å²) in [6.45, 7) is 1.68. The first-order valence-corrected chi connectivity index (χ1v) is 6.46. The van der Waals surface area contributed by atoms with Gasteiger partial charge in [-0.1, -0.05) is 0 Å². The van der Waals surface area contributed by atoms with E-state index in [4.69, 9.17) is 14.2 Å². The van der Waals surface area contributed by atoms with E-state index in [1.165, 1.54) is 13.1 Å². The molecule has 3 N–H and O–H groups in total. The van der Waals surface area contributed by atoms with Crippen molar-refractivity contribution >= 4 is 0 Å². The highest BCUT2D eigenvalue weighted by molar-refractivity contribution is 5.06. The highest BCUT2D eigenvalue weighted by atomic mass is 16.7. The number of aliphatic hydroxyl groups is 2. The van der Waals surface area contributed by atoms with Crippen LogP contribution in [0, 0.1) is 6.92 Å². The molecule has 1 spiro atoms. The van der Waals surface area contributed by atoms with Crippen LogP contribution in [0.3, 0.4) is 0 Å². The first-order chi connectivity index (χ1) is 9.94. The lowest BCUT2D eigenvalue weighted by Gasteiger charge is -2.34. The third kappa shape index (κ3) is 2.23. The highest BCUT2D eigenvalue weighted by Crippen LogP contribution is 2.38. The van der Waals surface area contributed by atoms with Crippen LogP contribution in [0.5, 0.6) is 0 Å². The molecule has 116 valence electrons. The average Bonchev–Trinajstić information content (AvgIpc) is 2.69. The maximum absolute atomic E-state index is 11.9. The van der Waals surface area contributed by atoms with Crippen LogP contribution in [0.2, 0.25) is 0 Å². The van der Waals surface area contributed by atoms with E-state index in [2.05, 4.69) is 4.98 Å². The van der Waals surface area contributed by atoms with Gasteiger partial charge in [-0.2, -0.15) is 0 Å². The Morgan fingerprint density at radius 3 is 2.67 bits per heavy atom. The van der Waals surface area contributed by atoms with Gasteiger partial charge in [0.25, 0.3) is 5.56 Å². The van der Waals surface area contributed by atoms with E-state index in [0.717, 1.165) is 4.57 Å². The number of hydrogen-bond donors (Lipinski definition) is 3. The van der Waals surface area contributed by atoms with E-state index in [0.29, 0.717) is 0 Å². The van der Waals surface area contributed by atoms with Crippen LogP contribution in [-0.2, 0) is 14.2 Å². The predicted molar refractivity (Wildman–Crippen MR) is 67.7 cm³/mol. The predicted octanol–water partition coefficient (Wildman–Crippen LogP) is -2.16. The van der Waals surface area contributed by atoms with Crippen LogP contribution >= 0.6 is 0 Å². The molecular formula is C12H16N2O7. The third-order valence-corrected chi connectivity index (χ3v) is 3.79. The Kier molecular flexibility index (Phi) is 3.46. The molecule has 0 aromatic carbocycles.